The molecule has 138 valence electrons. The van der Waals surface area contributed by atoms with Crippen LogP contribution in [0.3, 0.4) is 0 Å². The molecule has 25 heavy (non-hydrogen) atoms. The highest BCUT2D eigenvalue weighted by Gasteiger charge is 2.19. The van der Waals surface area contributed by atoms with Crippen LogP contribution >= 0.6 is 11.3 Å². The third-order valence-electron chi connectivity index (χ3n) is 3.80. The molecule has 0 aliphatic rings. The second kappa shape index (κ2) is 9.43. The van der Waals surface area contributed by atoms with Crippen molar-refractivity contribution in [1.29, 1.82) is 0 Å². The number of nitrogens with zero attached hydrogens (tertiary/aromatic N) is 2. The van der Waals surface area contributed by atoms with Gasteiger partial charge in [-0.05, 0) is 19.8 Å². The molecule has 1 aromatic heterocycles. The minimum atomic E-state index is -3.41. The topological polar surface area (TPSA) is 62.3 Å². The van der Waals surface area contributed by atoms with Crippen molar-refractivity contribution >= 4 is 21.5 Å². The van der Waals surface area contributed by atoms with Gasteiger partial charge < -0.3 is 0 Å². The maximum atomic E-state index is 12.4. The highest BCUT2D eigenvalue weighted by molar-refractivity contribution is 7.87. The van der Waals surface area contributed by atoms with E-state index in [1.54, 1.807) is 11.3 Å². The molecule has 0 aliphatic heterocycles. The number of aryl methyl sites for hydroxylation is 1. The smallest absolute Gasteiger partial charge is 0.241 e. The van der Waals surface area contributed by atoms with E-state index in [1.807, 2.05) is 19.2 Å². The molecule has 5 nitrogen and oxygen atoms in total. The molecule has 0 saturated heterocycles. The summed E-state index contributed by atoms with van der Waals surface area (Å²) in [6, 6.07) is 8.27. The summed E-state index contributed by atoms with van der Waals surface area (Å²) in [5.41, 5.74) is 3.24. The first-order valence-electron chi connectivity index (χ1n) is 8.72. The Kier molecular flexibility index (Phi) is 7.56. The van der Waals surface area contributed by atoms with Crippen LogP contribution in [0.5, 0.6) is 0 Å². The van der Waals surface area contributed by atoms with Crippen LogP contribution in [-0.4, -0.2) is 37.3 Å². The molecule has 0 aliphatic carbocycles. The van der Waals surface area contributed by atoms with Gasteiger partial charge in [0.2, 0.25) is 0 Å². The molecule has 7 heteroatoms. The van der Waals surface area contributed by atoms with E-state index >= 15 is 0 Å². The Labute approximate surface area is 155 Å². The van der Waals surface area contributed by atoms with Gasteiger partial charge in [-0.3, -0.25) is 0 Å². The molecule has 0 saturated carbocycles. The van der Waals surface area contributed by atoms with Crippen molar-refractivity contribution in [3.63, 3.8) is 0 Å². The van der Waals surface area contributed by atoms with E-state index in [4.69, 9.17) is 0 Å². The van der Waals surface area contributed by atoms with Gasteiger partial charge in [-0.15, -0.1) is 11.3 Å². The Morgan fingerprint density at radius 3 is 2.36 bits per heavy atom. The predicted octanol–water partition coefficient (Wildman–Crippen LogP) is 3.62. The number of hydrogen-bond acceptors (Lipinski definition) is 4. The van der Waals surface area contributed by atoms with Crippen LogP contribution in [0, 0.1) is 6.92 Å². The Hall–Kier alpha value is -1.28. The van der Waals surface area contributed by atoms with Gasteiger partial charge in [0.25, 0.3) is 10.2 Å². The highest BCUT2D eigenvalue weighted by atomic mass is 32.2. The number of nitrogens with one attached hydrogen (secondary N) is 1. The Morgan fingerprint density at radius 1 is 1.12 bits per heavy atom. The van der Waals surface area contributed by atoms with Gasteiger partial charge in [-0.2, -0.15) is 12.7 Å². The summed E-state index contributed by atoms with van der Waals surface area (Å²) in [6.45, 7) is 7.50. The average molecular weight is 382 g/mol. The third-order valence-corrected chi connectivity index (χ3v) is 6.36. The van der Waals surface area contributed by atoms with Gasteiger partial charge in [0.15, 0.2) is 0 Å². The summed E-state index contributed by atoms with van der Waals surface area (Å²) in [4.78, 5) is 4.62. The molecule has 0 atom stereocenters. The fourth-order valence-electron chi connectivity index (χ4n) is 2.50. The number of benzene rings is 1. The largest absolute Gasteiger partial charge is 0.279 e. The summed E-state index contributed by atoms with van der Waals surface area (Å²) >= 11 is 1.59. The summed E-state index contributed by atoms with van der Waals surface area (Å²) in [6.07, 6.45) is 2.22. The van der Waals surface area contributed by atoms with Gasteiger partial charge in [0, 0.05) is 37.0 Å². The molecule has 2 aromatic rings. The molecule has 0 unspecified atom stereocenters. The van der Waals surface area contributed by atoms with Crippen LogP contribution < -0.4 is 4.72 Å². The summed E-state index contributed by atoms with van der Waals surface area (Å²) in [5.74, 6) is 0. The van der Waals surface area contributed by atoms with Crippen molar-refractivity contribution in [2.45, 2.75) is 40.0 Å². The molecule has 1 aromatic carbocycles. The standard InChI is InChI=1S/C18H27N3O2S2/c1-4-12-21(13-5-2)25(22,23)19-11-10-17-14-24-18(20-17)16-8-6-15(3)7-9-16/h6-9,14,19H,4-5,10-13H2,1-3H3. The minimum absolute atomic E-state index is 0.364. The summed E-state index contributed by atoms with van der Waals surface area (Å²) in [5, 5.41) is 2.97. The first kappa shape index (κ1) is 20.0. The van der Waals surface area contributed by atoms with Crippen LogP contribution in [0.1, 0.15) is 37.9 Å². The fourth-order valence-corrected chi connectivity index (χ4v) is 4.75. The quantitative estimate of drug-likeness (QED) is 0.684. The SMILES string of the molecule is CCCN(CCC)S(=O)(=O)NCCc1csc(-c2ccc(C)cc2)n1. The average Bonchev–Trinajstić information content (AvgIpc) is 3.04. The Bertz CT molecular complexity index is 749. The zero-order valence-corrected chi connectivity index (χ0v) is 16.8. The normalized spacial score (nSPS) is 12.0. The lowest BCUT2D eigenvalue weighted by Gasteiger charge is -2.21. The first-order chi connectivity index (χ1) is 12.0. The molecule has 0 fully saturated rings. The van der Waals surface area contributed by atoms with E-state index in [9.17, 15) is 8.42 Å². The highest BCUT2D eigenvalue weighted by Crippen LogP contribution is 2.24. The van der Waals surface area contributed by atoms with Crippen LogP contribution in [0.2, 0.25) is 0 Å². The van der Waals surface area contributed by atoms with Crippen LogP contribution in [0.4, 0.5) is 0 Å². The third kappa shape index (κ3) is 5.88. The zero-order chi connectivity index (χ0) is 18.3. The van der Waals surface area contributed by atoms with E-state index in [2.05, 4.69) is 40.9 Å². The summed E-state index contributed by atoms with van der Waals surface area (Å²) < 4.78 is 28.9. The predicted molar refractivity (Wildman–Crippen MR) is 105 cm³/mol. The molecular formula is C18H27N3O2S2. The molecule has 1 N–H and O–H groups in total. The van der Waals surface area contributed by atoms with Gasteiger partial charge in [-0.25, -0.2) is 9.71 Å². The van der Waals surface area contributed by atoms with E-state index in [0.717, 1.165) is 29.1 Å². The monoisotopic (exact) mass is 381 g/mol. The second-order valence-electron chi connectivity index (χ2n) is 6.06. The summed E-state index contributed by atoms with van der Waals surface area (Å²) in [7, 11) is -3.41. The van der Waals surface area contributed by atoms with Crippen molar-refractivity contribution < 1.29 is 8.42 Å². The first-order valence-corrected chi connectivity index (χ1v) is 11.0. The number of aromatic nitrogens is 1. The molecule has 0 amide bonds. The fraction of sp³-hybridized carbons (Fsp3) is 0.500. The molecule has 0 spiro atoms. The van der Waals surface area contributed by atoms with Crippen molar-refractivity contribution in [2.75, 3.05) is 19.6 Å². The molecule has 2 rings (SSSR count). The van der Waals surface area contributed by atoms with E-state index < -0.39 is 10.2 Å². The van der Waals surface area contributed by atoms with Gasteiger partial charge in [0.05, 0.1) is 5.69 Å². The Morgan fingerprint density at radius 2 is 1.76 bits per heavy atom. The second-order valence-corrected chi connectivity index (χ2v) is 8.67. The van der Waals surface area contributed by atoms with Gasteiger partial charge in [0.1, 0.15) is 5.01 Å². The van der Waals surface area contributed by atoms with Gasteiger partial charge >= 0.3 is 0 Å². The maximum Gasteiger partial charge on any atom is 0.279 e. The molecule has 1 heterocycles. The van der Waals surface area contributed by atoms with E-state index in [0.29, 0.717) is 26.1 Å². The molecule has 0 radical (unpaired) electrons. The maximum absolute atomic E-state index is 12.4. The zero-order valence-electron chi connectivity index (χ0n) is 15.2. The molecule has 0 bridgehead atoms. The van der Waals surface area contributed by atoms with Crippen molar-refractivity contribution in [3.05, 3.63) is 40.9 Å². The van der Waals surface area contributed by atoms with Crippen molar-refractivity contribution in [2.24, 2.45) is 0 Å². The minimum Gasteiger partial charge on any atom is -0.241 e. The Balaban J connectivity index is 1.92. The lowest BCUT2D eigenvalue weighted by atomic mass is 10.2. The van der Waals surface area contributed by atoms with Crippen molar-refractivity contribution in [3.8, 4) is 10.6 Å². The lowest BCUT2D eigenvalue weighted by Crippen LogP contribution is -2.42. The van der Waals surface area contributed by atoms with Gasteiger partial charge in [-0.1, -0.05) is 43.7 Å². The molecular weight excluding hydrogens is 354 g/mol. The lowest BCUT2D eigenvalue weighted by molar-refractivity contribution is 0.402. The van der Waals surface area contributed by atoms with E-state index in [1.165, 1.54) is 9.87 Å². The number of thiazole rings is 1. The van der Waals surface area contributed by atoms with Crippen LogP contribution in [0.15, 0.2) is 29.6 Å². The number of hydrogen-bond donors (Lipinski definition) is 1. The van der Waals surface area contributed by atoms with Crippen LogP contribution in [-0.2, 0) is 16.6 Å². The van der Waals surface area contributed by atoms with Crippen molar-refractivity contribution in [1.82, 2.24) is 14.0 Å². The number of rotatable bonds is 10. The van der Waals surface area contributed by atoms with E-state index in [-0.39, 0.29) is 0 Å². The van der Waals surface area contributed by atoms with Crippen LogP contribution in [0.25, 0.3) is 10.6 Å².